The molecular formula is C18H17FN2O3. The predicted molar refractivity (Wildman–Crippen MR) is 84.1 cm³/mol. The molecule has 1 N–H and O–H groups in total. The van der Waals surface area contributed by atoms with Crippen molar-refractivity contribution in [3.8, 4) is 0 Å². The summed E-state index contributed by atoms with van der Waals surface area (Å²) in [5, 5.41) is 2.47. The summed E-state index contributed by atoms with van der Waals surface area (Å²) in [6, 6.07) is 5.88. The molecule has 2 bridgehead atoms. The average Bonchev–Trinajstić information content (AvgIpc) is 3.23. The predicted octanol–water partition coefficient (Wildman–Crippen LogP) is 1.96. The number of benzene rings is 1. The largest absolute Gasteiger partial charge is 0.324 e. The van der Waals surface area contributed by atoms with Crippen LogP contribution in [-0.2, 0) is 14.4 Å². The number of hydrogen-bond acceptors (Lipinski definition) is 3. The molecule has 4 atom stereocenters. The molecule has 1 aliphatic heterocycles. The third kappa shape index (κ3) is 2.25. The zero-order chi connectivity index (χ0) is 16.8. The summed E-state index contributed by atoms with van der Waals surface area (Å²) >= 11 is 0. The number of carbonyl (C=O) groups excluding carboxylic acids is 3. The number of nitrogens with zero attached hydrogens (tertiary/aromatic N) is 1. The van der Waals surface area contributed by atoms with Crippen molar-refractivity contribution < 1.29 is 18.8 Å². The van der Waals surface area contributed by atoms with E-state index in [4.69, 9.17) is 0 Å². The first-order chi connectivity index (χ1) is 11.6. The summed E-state index contributed by atoms with van der Waals surface area (Å²) in [7, 11) is 0. The Morgan fingerprint density at radius 3 is 2.38 bits per heavy atom. The fourth-order valence-electron chi connectivity index (χ4n) is 4.17. The van der Waals surface area contributed by atoms with Crippen LogP contribution in [0.5, 0.6) is 0 Å². The molecule has 4 rings (SSSR count). The highest BCUT2D eigenvalue weighted by Crippen LogP contribution is 2.52. The van der Waals surface area contributed by atoms with Crippen LogP contribution in [-0.4, -0.2) is 29.2 Å². The van der Waals surface area contributed by atoms with Crippen molar-refractivity contribution in [2.75, 3.05) is 11.9 Å². The van der Waals surface area contributed by atoms with Gasteiger partial charge < -0.3 is 5.32 Å². The van der Waals surface area contributed by atoms with Gasteiger partial charge in [0.25, 0.3) is 0 Å². The number of nitrogens with one attached hydrogen (secondary N) is 1. The van der Waals surface area contributed by atoms with E-state index in [0.29, 0.717) is 0 Å². The zero-order valence-electron chi connectivity index (χ0n) is 12.9. The molecule has 2 aliphatic carbocycles. The van der Waals surface area contributed by atoms with Crippen molar-refractivity contribution in [1.82, 2.24) is 4.90 Å². The fourth-order valence-corrected chi connectivity index (χ4v) is 4.17. The Morgan fingerprint density at radius 2 is 1.75 bits per heavy atom. The number of amides is 3. The van der Waals surface area contributed by atoms with Crippen LogP contribution in [0.1, 0.15) is 12.8 Å². The van der Waals surface area contributed by atoms with Gasteiger partial charge in [0, 0.05) is 13.0 Å². The van der Waals surface area contributed by atoms with Crippen molar-refractivity contribution in [3.05, 3.63) is 42.2 Å². The quantitative estimate of drug-likeness (QED) is 0.679. The maximum Gasteiger partial charge on any atom is 0.233 e. The molecule has 0 radical (unpaired) electrons. The van der Waals surface area contributed by atoms with Gasteiger partial charge in [-0.05, 0) is 30.4 Å². The van der Waals surface area contributed by atoms with E-state index >= 15 is 0 Å². The molecule has 1 saturated heterocycles. The minimum Gasteiger partial charge on any atom is -0.324 e. The Balaban J connectivity index is 1.38. The maximum atomic E-state index is 13.5. The molecule has 6 heteroatoms. The highest BCUT2D eigenvalue weighted by Gasteiger charge is 2.58. The van der Waals surface area contributed by atoms with Crippen molar-refractivity contribution in [2.45, 2.75) is 12.8 Å². The lowest BCUT2D eigenvalue weighted by molar-refractivity contribution is -0.140. The second kappa shape index (κ2) is 5.54. The Kier molecular flexibility index (Phi) is 3.48. The van der Waals surface area contributed by atoms with Crippen LogP contribution in [0.25, 0.3) is 0 Å². The Morgan fingerprint density at radius 1 is 1.12 bits per heavy atom. The number of halogens is 1. The lowest BCUT2D eigenvalue weighted by Crippen LogP contribution is -2.35. The monoisotopic (exact) mass is 328 g/mol. The summed E-state index contributed by atoms with van der Waals surface area (Å²) < 4.78 is 13.5. The number of likely N-dealkylation sites (tertiary alicyclic amines) is 1. The molecule has 2 fully saturated rings. The van der Waals surface area contributed by atoms with E-state index in [1.807, 2.05) is 12.2 Å². The smallest absolute Gasteiger partial charge is 0.233 e. The lowest BCUT2D eigenvalue weighted by atomic mass is 9.85. The van der Waals surface area contributed by atoms with Crippen LogP contribution >= 0.6 is 0 Å². The Hall–Kier alpha value is -2.50. The van der Waals surface area contributed by atoms with Gasteiger partial charge in [-0.3, -0.25) is 19.3 Å². The number of imide groups is 1. The number of carbonyl (C=O) groups is 3. The number of rotatable bonds is 4. The van der Waals surface area contributed by atoms with Gasteiger partial charge in [0.15, 0.2) is 0 Å². The number of para-hydroxylation sites is 1. The highest BCUT2D eigenvalue weighted by atomic mass is 19.1. The molecule has 1 saturated carbocycles. The summed E-state index contributed by atoms with van der Waals surface area (Å²) in [4.78, 5) is 38.2. The van der Waals surface area contributed by atoms with E-state index in [9.17, 15) is 18.8 Å². The molecule has 3 amide bonds. The topological polar surface area (TPSA) is 66.5 Å². The maximum absolute atomic E-state index is 13.5. The third-order valence-electron chi connectivity index (χ3n) is 5.27. The standard InChI is InChI=1S/C18H17FN2O3/c19-12-3-1-2-4-13(12)20-14(22)7-8-21-17(23)15-10-5-6-11(9-10)16(15)18(21)24/h1-6,10-11,15-16H,7-9H2,(H,20,22)/t10-,11-,15-,16-/m0/s1. The van der Waals surface area contributed by atoms with Crippen LogP contribution in [0.2, 0.25) is 0 Å². The molecular weight excluding hydrogens is 311 g/mol. The van der Waals surface area contributed by atoms with Gasteiger partial charge in [0.2, 0.25) is 17.7 Å². The minimum absolute atomic E-state index is 0.0337. The molecule has 1 heterocycles. The van der Waals surface area contributed by atoms with E-state index < -0.39 is 11.7 Å². The molecule has 0 spiro atoms. The minimum atomic E-state index is -0.517. The van der Waals surface area contributed by atoms with E-state index in [2.05, 4.69) is 5.32 Å². The molecule has 3 aliphatic rings. The van der Waals surface area contributed by atoms with Crippen molar-refractivity contribution in [2.24, 2.45) is 23.7 Å². The second-order valence-corrected chi connectivity index (χ2v) is 6.61. The number of anilines is 1. The van der Waals surface area contributed by atoms with E-state index in [0.717, 1.165) is 6.42 Å². The van der Waals surface area contributed by atoms with Crippen LogP contribution in [0.4, 0.5) is 10.1 Å². The summed E-state index contributed by atoms with van der Waals surface area (Å²) in [6.45, 7) is 0.0460. The molecule has 0 aromatic heterocycles. The van der Waals surface area contributed by atoms with Gasteiger partial charge in [-0.25, -0.2) is 4.39 Å². The Labute approximate surface area is 138 Å². The van der Waals surface area contributed by atoms with Crippen LogP contribution in [0, 0.1) is 29.5 Å². The lowest BCUT2D eigenvalue weighted by Gasteiger charge is -2.17. The number of fused-ring (bicyclic) bond motifs is 5. The SMILES string of the molecule is O=C(CCN1C(=O)[C@@H]2[C@@H](C1=O)[C@H]1C=C[C@H]2C1)Nc1ccccc1F. The van der Waals surface area contributed by atoms with Gasteiger partial charge >= 0.3 is 0 Å². The van der Waals surface area contributed by atoms with Gasteiger partial charge in [0.05, 0.1) is 17.5 Å². The summed E-state index contributed by atoms with van der Waals surface area (Å²) in [5.74, 6) is -1.44. The fraction of sp³-hybridized carbons (Fsp3) is 0.389. The van der Waals surface area contributed by atoms with E-state index in [1.54, 1.807) is 6.07 Å². The molecule has 124 valence electrons. The number of hydrogen-bond donors (Lipinski definition) is 1. The van der Waals surface area contributed by atoms with Gasteiger partial charge in [-0.15, -0.1) is 0 Å². The summed E-state index contributed by atoms with van der Waals surface area (Å²) in [6.07, 6.45) is 4.92. The van der Waals surface area contributed by atoms with Crippen LogP contribution in [0.15, 0.2) is 36.4 Å². The highest BCUT2D eigenvalue weighted by molar-refractivity contribution is 6.06. The van der Waals surface area contributed by atoms with E-state index in [-0.39, 0.29) is 54.1 Å². The van der Waals surface area contributed by atoms with Gasteiger partial charge in [-0.1, -0.05) is 24.3 Å². The molecule has 0 unspecified atom stereocenters. The first-order valence-electron chi connectivity index (χ1n) is 8.14. The first kappa shape index (κ1) is 15.1. The van der Waals surface area contributed by atoms with Crippen LogP contribution in [0.3, 0.4) is 0 Å². The molecule has 1 aromatic rings. The number of allylic oxidation sites excluding steroid dienone is 2. The third-order valence-corrected chi connectivity index (χ3v) is 5.27. The van der Waals surface area contributed by atoms with Crippen molar-refractivity contribution in [3.63, 3.8) is 0 Å². The van der Waals surface area contributed by atoms with Crippen LogP contribution < -0.4 is 5.32 Å². The molecule has 1 aromatic carbocycles. The second-order valence-electron chi connectivity index (χ2n) is 6.61. The molecule has 24 heavy (non-hydrogen) atoms. The Bertz CT molecular complexity index is 730. The zero-order valence-corrected chi connectivity index (χ0v) is 12.9. The average molecular weight is 328 g/mol. The van der Waals surface area contributed by atoms with Gasteiger partial charge in [0.1, 0.15) is 5.82 Å². The first-order valence-corrected chi connectivity index (χ1v) is 8.14. The van der Waals surface area contributed by atoms with Crippen molar-refractivity contribution >= 4 is 23.4 Å². The molecule has 5 nitrogen and oxygen atoms in total. The van der Waals surface area contributed by atoms with E-state index in [1.165, 1.54) is 23.1 Å². The van der Waals surface area contributed by atoms with Crippen molar-refractivity contribution in [1.29, 1.82) is 0 Å². The van der Waals surface area contributed by atoms with Gasteiger partial charge in [-0.2, -0.15) is 0 Å². The summed E-state index contributed by atoms with van der Waals surface area (Å²) in [5.41, 5.74) is 0.0979. The normalized spacial score (nSPS) is 30.1.